The van der Waals surface area contributed by atoms with E-state index in [9.17, 15) is 9.59 Å². The Morgan fingerprint density at radius 2 is 1.52 bits per heavy atom. The van der Waals surface area contributed by atoms with Gasteiger partial charge in [0.2, 0.25) is 5.91 Å². The van der Waals surface area contributed by atoms with Crippen LogP contribution in [0.15, 0.2) is 48.5 Å². The minimum Gasteiger partial charge on any atom is -0.352 e. The van der Waals surface area contributed by atoms with Crippen LogP contribution < -0.4 is 10.6 Å². The van der Waals surface area contributed by atoms with Crippen molar-refractivity contribution in [3.8, 4) is 11.1 Å². The van der Waals surface area contributed by atoms with Gasteiger partial charge < -0.3 is 10.6 Å². The summed E-state index contributed by atoms with van der Waals surface area (Å²) in [6, 6.07) is 15.5. The van der Waals surface area contributed by atoms with Crippen molar-refractivity contribution in [3.63, 3.8) is 0 Å². The number of nitrogens with one attached hydrogen (secondary N) is 2. The molecule has 1 aliphatic rings. The largest absolute Gasteiger partial charge is 0.352 e. The van der Waals surface area contributed by atoms with Gasteiger partial charge in [0.05, 0.1) is 0 Å². The van der Waals surface area contributed by atoms with Crippen molar-refractivity contribution < 1.29 is 9.59 Å². The molecule has 2 N–H and O–H groups in total. The van der Waals surface area contributed by atoms with E-state index in [1.807, 2.05) is 48.5 Å². The third-order valence-electron chi connectivity index (χ3n) is 5.68. The van der Waals surface area contributed by atoms with E-state index in [0.29, 0.717) is 17.9 Å². The Morgan fingerprint density at radius 3 is 2.14 bits per heavy atom. The molecule has 0 bridgehead atoms. The molecule has 0 atom stereocenters. The zero-order valence-corrected chi connectivity index (χ0v) is 17.4. The van der Waals surface area contributed by atoms with Crippen LogP contribution in [0.4, 0.5) is 5.69 Å². The van der Waals surface area contributed by atoms with Gasteiger partial charge in [-0.3, -0.25) is 9.59 Å². The van der Waals surface area contributed by atoms with Gasteiger partial charge in [0.15, 0.2) is 0 Å². The molecular formula is C25H32N2O2. The highest BCUT2D eigenvalue weighted by molar-refractivity contribution is 5.94. The van der Waals surface area contributed by atoms with E-state index in [2.05, 4.69) is 17.6 Å². The van der Waals surface area contributed by atoms with Gasteiger partial charge in [0.25, 0.3) is 5.91 Å². The van der Waals surface area contributed by atoms with Crippen molar-refractivity contribution in [1.29, 1.82) is 0 Å². The molecule has 0 aromatic heterocycles. The quantitative estimate of drug-likeness (QED) is 0.597. The molecule has 2 aromatic carbocycles. The first-order valence-corrected chi connectivity index (χ1v) is 10.9. The molecule has 0 unspecified atom stereocenters. The van der Waals surface area contributed by atoms with E-state index < -0.39 is 0 Å². The molecule has 4 heteroatoms. The predicted molar refractivity (Wildman–Crippen MR) is 119 cm³/mol. The molecule has 4 nitrogen and oxygen atoms in total. The Hall–Kier alpha value is -2.62. The number of anilines is 1. The summed E-state index contributed by atoms with van der Waals surface area (Å²) in [4.78, 5) is 24.2. The lowest BCUT2D eigenvalue weighted by Gasteiger charge is -2.21. The summed E-state index contributed by atoms with van der Waals surface area (Å²) in [7, 11) is 0. The Kier molecular flexibility index (Phi) is 7.85. The van der Waals surface area contributed by atoms with Crippen LogP contribution in [-0.2, 0) is 4.79 Å². The van der Waals surface area contributed by atoms with Gasteiger partial charge in [-0.1, -0.05) is 56.9 Å². The normalized spacial score (nSPS) is 14.4. The standard InChI is InChI=1S/C25H32N2O2/c1-2-3-9-24(28)27-23-16-14-21(15-17-23)20-10-12-22(13-11-20)25(29)26-18-19-7-5-4-6-8-19/h10-17,19H,2-9,18H2,1H3,(H,26,29)(H,27,28). The molecule has 0 radical (unpaired) electrons. The molecular weight excluding hydrogens is 360 g/mol. The van der Waals surface area contributed by atoms with E-state index >= 15 is 0 Å². The fourth-order valence-corrected chi connectivity index (χ4v) is 3.85. The van der Waals surface area contributed by atoms with Crippen molar-refractivity contribution in [2.24, 2.45) is 5.92 Å². The molecule has 0 heterocycles. The monoisotopic (exact) mass is 392 g/mol. The Morgan fingerprint density at radius 1 is 0.897 bits per heavy atom. The van der Waals surface area contributed by atoms with Crippen LogP contribution in [0.25, 0.3) is 11.1 Å². The fourth-order valence-electron chi connectivity index (χ4n) is 3.85. The number of rotatable bonds is 8. The molecule has 1 aliphatic carbocycles. The summed E-state index contributed by atoms with van der Waals surface area (Å²) >= 11 is 0. The molecule has 3 rings (SSSR count). The summed E-state index contributed by atoms with van der Waals surface area (Å²) in [5, 5.41) is 6.02. The minimum absolute atomic E-state index is 0.00673. The van der Waals surface area contributed by atoms with Gasteiger partial charge in [-0.2, -0.15) is 0 Å². The van der Waals surface area contributed by atoms with Crippen molar-refractivity contribution in [2.45, 2.75) is 58.3 Å². The lowest BCUT2D eigenvalue weighted by molar-refractivity contribution is -0.116. The van der Waals surface area contributed by atoms with Crippen molar-refractivity contribution in [1.82, 2.24) is 5.32 Å². The van der Waals surface area contributed by atoms with Crippen LogP contribution in [0.2, 0.25) is 0 Å². The Labute approximate surface area is 174 Å². The number of unbranched alkanes of at least 4 members (excludes halogenated alkanes) is 1. The highest BCUT2D eigenvalue weighted by Gasteiger charge is 2.15. The maximum absolute atomic E-state index is 12.4. The highest BCUT2D eigenvalue weighted by Crippen LogP contribution is 2.24. The van der Waals surface area contributed by atoms with E-state index in [1.165, 1.54) is 32.1 Å². The maximum atomic E-state index is 12.4. The fraction of sp³-hybridized carbons (Fsp3) is 0.440. The van der Waals surface area contributed by atoms with Crippen LogP contribution >= 0.6 is 0 Å². The summed E-state index contributed by atoms with van der Waals surface area (Å²) in [5.74, 6) is 0.698. The van der Waals surface area contributed by atoms with E-state index in [0.717, 1.165) is 36.2 Å². The number of hydrogen-bond donors (Lipinski definition) is 2. The molecule has 0 saturated heterocycles. The van der Waals surface area contributed by atoms with Gasteiger partial charge >= 0.3 is 0 Å². The lowest BCUT2D eigenvalue weighted by Crippen LogP contribution is -2.30. The van der Waals surface area contributed by atoms with E-state index in [-0.39, 0.29) is 11.8 Å². The van der Waals surface area contributed by atoms with Crippen LogP contribution in [-0.4, -0.2) is 18.4 Å². The van der Waals surface area contributed by atoms with Crippen LogP contribution in [0.5, 0.6) is 0 Å². The topological polar surface area (TPSA) is 58.2 Å². The molecule has 2 aromatic rings. The molecule has 0 spiro atoms. The van der Waals surface area contributed by atoms with Gasteiger partial charge in [-0.25, -0.2) is 0 Å². The van der Waals surface area contributed by atoms with Gasteiger partial charge in [-0.15, -0.1) is 0 Å². The van der Waals surface area contributed by atoms with Crippen LogP contribution in [0.3, 0.4) is 0 Å². The van der Waals surface area contributed by atoms with Gasteiger partial charge in [-0.05, 0) is 60.6 Å². The highest BCUT2D eigenvalue weighted by atomic mass is 16.2. The summed E-state index contributed by atoms with van der Waals surface area (Å²) < 4.78 is 0. The second kappa shape index (κ2) is 10.8. The van der Waals surface area contributed by atoms with E-state index in [4.69, 9.17) is 0 Å². The van der Waals surface area contributed by atoms with Crippen molar-refractivity contribution in [2.75, 3.05) is 11.9 Å². The zero-order chi connectivity index (χ0) is 20.5. The minimum atomic E-state index is 0.00673. The SMILES string of the molecule is CCCCC(=O)Nc1ccc(-c2ccc(C(=O)NCC3CCCCC3)cc2)cc1. The number of amides is 2. The molecule has 1 saturated carbocycles. The third-order valence-corrected chi connectivity index (χ3v) is 5.68. The summed E-state index contributed by atoms with van der Waals surface area (Å²) in [6.45, 7) is 2.86. The lowest BCUT2D eigenvalue weighted by atomic mass is 9.89. The first kappa shape index (κ1) is 21.1. The maximum Gasteiger partial charge on any atom is 0.251 e. The molecule has 154 valence electrons. The zero-order valence-electron chi connectivity index (χ0n) is 17.4. The average molecular weight is 393 g/mol. The number of hydrogen-bond acceptors (Lipinski definition) is 2. The molecule has 2 amide bonds. The predicted octanol–water partition coefficient (Wildman–Crippen LogP) is 5.79. The molecule has 0 aliphatic heterocycles. The molecule has 29 heavy (non-hydrogen) atoms. The number of carbonyl (C=O) groups excluding carboxylic acids is 2. The van der Waals surface area contributed by atoms with Crippen molar-refractivity contribution in [3.05, 3.63) is 54.1 Å². The second-order valence-corrected chi connectivity index (χ2v) is 8.02. The smallest absolute Gasteiger partial charge is 0.251 e. The Balaban J connectivity index is 1.53. The van der Waals surface area contributed by atoms with Gasteiger partial charge in [0.1, 0.15) is 0 Å². The molecule has 1 fully saturated rings. The van der Waals surface area contributed by atoms with Crippen LogP contribution in [0, 0.1) is 5.92 Å². The summed E-state index contributed by atoms with van der Waals surface area (Å²) in [6.07, 6.45) is 8.85. The Bertz CT molecular complexity index is 791. The first-order chi connectivity index (χ1) is 14.2. The summed E-state index contributed by atoms with van der Waals surface area (Å²) in [5.41, 5.74) is 3.63. The van der Waals surface area contributed by atoms with Crippen LogP contribution in [0.1, 0.15) is 68.6 Å². The van der Waals surface area contributed by atoms with Crippen molar-refractivity contribution >= 4 is 17.5 Å². The number of carbonyl (C=O) groups is 2. The second-order valence-electron chi connectivity index (χ2n) is 8.02. The first-order valence-electron chi connectivity index (χ1n) is 10.9. The third kappa shape index (κ3) is 6.45. The number of benzene rings is 2. The van der Waals surface area contributed by atoms with Gasteiger partial charge in [0, 0.05) is 24.2 Å². The van der Waals surface area contributed by atoms with E-state index in [1.54, 1.807) is 0 Å². The average Bonchev–Trinajstić information content (AvgIpc) is 2.77.